The molecule has 8 nitrogen and oxygen atoms in total. The van der Waals surface area contributed by atoms with E-state index in [-0.39, 0.29) is 13.1 Å². The lowest BCUT2D eigenvalue weighted by atomic mass is 10.3. The molecule has 0 bridgehead atoms. The number of carboxylic acids is 1. The molecule has 10 heteroatoms. The maximum atomic E-state index is 11.7. The van der Waals surface area contributed by atoms with Gasteiger partial charge >= 0.3 is 12.0 Å². The zero-order valence-electron chi connectivity index (χ0n) is 10.5. The molecule has 19 heavy (non-hydrogen) atoms. The summed E-state index contributed by atoms with van der Waals surface area (Å²) in [5.41, 5.74) is 0. The van der Waals surface area contributed by atoms with Crippen molar-refractivity contribution >= 4 is 33.8 Å². The standard InChI is InChI=1S/C9H17N3O5S2/c1-19(16,17)11-4-2-3-10-9(15)12-6-18-5-7(12)8(13)14/h7,11H,2-6H2,1H3,(H,10,15)(H,13,14). The molecule has 0 aliphatic carbocycles. The SMILES string of the molecule is CS(=O)(=O)NCCCNC(=O)N1CSCC1C(=O)O. The number of aliphatic carboxylic acids is 1. The van der Waals surface area contributed by atoms with Gasteiger partial charge in [0.2, 0.25) is 10.0 Å². The van der Waals surface area contributed by atoms with Crippen LogP contribution >= 0.6 is 11.8 Å². The monoisotopic (exact) mass is 311 g/mol. The second-order valence-corrected chi connectivity index (χ2v) is 6.91. The Morgan fingerprint density at radius 3 is 2.68 bits per heavy atom. The molecule has 1 rings (SSSR count). The van der Waals surface area contributed by atoms with E-state index in [2.05, 4.69) is 10.0 Å². The minimum Gasteiger partial charge on any atom is -0.480 e. The third-order valence-corrected chi connectivity index (χ3v) is 4.16. The van der Waals surface area contributed by atoms with E-state index in [0.717, 1.165) is 6.26 Å². The van der Waals surface area contributed by atoms with Gasteiger partial charge in [-0.05, 0) is 6.42 Å². The van der Waals surface area contributed by atoms with Crippen molar-refractivity contribution in [3.8, 4) is 0 Å². The minimum atomic E-state index is -3.21. The van der Waals surface area contributed by atoms with Crippen LogP contribution in [0.15, 0.2) is 0 Å². The zero-order chi connectivity index (χ0) is 14.5. The van der Waals surface area contributed by atoms with E-state index in [4.69, 9.17) is 5.11 Å². The van der Waals surface area contributed by atoms with Crippen molar-refractivity contribution in [3.63, 3.8) is 0 Å². The van der Waals surface area contributed by atoms with Gasteiger partial charge in [0.15, 0.2) is 0 Å². The lowest BCUT2D eigenvalue weighted by Crippen LogP contribution is -2.47. The Bertz CT molecular complexity index is 439. The van der Waals surface area contributed by atoms with Gasteiger partial charge in [-0.3, -0.25) is 0 Å². The Labute approximate surface area is 116 Å². The van der Waals surface area contributed by atoms with Crippen molar-refractivity contribution in [1.29, 1.82) is 0 Å². The van der Waals surface area contributed by atoms with E-state index in [1.54, 1.807) is 0 Å². The third-order valence-electron chi connectivity index (χ3n) is 2.42. The Morgan fingerprint density at radius 1 is 1.42 bits per heavy atom. The number of nitrogens with one attached hydrogen (secondary N) is 2. The lowest BCUT2D eigenvalue weighted by Gasteiger charge is -2.20. The molecular formula is C9H17N3O5S2. The number of sulfonamides is 1. The fraction of sp³-hybridized carbons (Fsp3) is 0.778. The number of thioether (sulfide) groups is 1. The second-order valence-electron chi connectivity index (χ2n) is 4.08. The van der Waals surface area contributed by atoms with Crippen molar-refractivity contribution in [2.75, 3.05) is 31.0 Å². The quantitative estimate of drug-likeness (QED) is 0.547. The van der Waals surface area contributed by atoms with Gasteiger partial charge in [0, 0.05) is 18.8 Å². The maximum Gasteiger partial charge on any atom is 0.327 e. The molecule has 1 atom stereocenters. The summed E-state index contributed by atoms with van der Waals surface area (Å²) in [5, 5.41) is 11.5. The average Bonchev–Trinajstić information content (AvgIpc) is 2.75. The molecule has 0 aromatic carbocycles. The average molecular weight is 311 g/mol. The van der Waals surface area contributed by atoms with Crippen molar-refractivity contribution in [1.82, 2.24) is 14.9 Å². The highest BCUT2D eigenvalue weighted by molar-refractivity contribution is 7.99. The van der Waals surface area contributed by atoms with Crippen LogP contribution in [0.2, 0.25) is 0 Å². The topological polar surface area (TPSA) is 116 Å². The van der Waals surface area contributed by atoms with E-state index < -0.39 is 28.1 Å². The van der Waals surface area contributed by atoms with Gasteiger partial charge < -0.3 is 15.3 Å². The predicted octanol–water partition coefficient (Wildman–Crippen LogP) is -0.905. The van der Waals surface area contributed by atoms with Gasteiger partial charge in [-0.25, -0.2) is 22.7 Å². The number of nitrogens with zero attached hydrogens (tertiary/aromatic N) is 1. The first-order valence-corrected chi connectivity index (χ1v) is 8.65. The number of amides is 2. The van der Waals surface area contributed by atoms with Gasteiger partial charge in [0.05, 0.1) is 12.1 Å². The number of rotatable bonds is 6. The lowest BCUT2D eigenvalue weighted by molar-refractivity contribution is -0.140. The molecule has 1 fully saturated rings. The van der Waals surface area contributed by atoms with Crippen molar-refractivity contribution in [2.45, 2.75) is 12.5 Å². The van der Waals surface area contributed by atoms with Crippen LogP contribution in [0.25, 0.3) is 0 Å². The number of carbonyl (C=O) groups excluding carboxylic acids is 1. The van der Waals surface area contributed by atoms with Crippen LogP contribution in [0.4, 0.5) is 4.79 Å². The Balaban J connectivity index is 2.26. The summed E-state index contributed by atoms with van der Waals surface area (Å²) >= 11 is 1.39. The molecule has 1 unspecified atom stereocenters. The molecule has 3 N–H and O–H groups in total. The van der Waals surface area contributed by atoms with E-state index >= 15 is 0 Å². The van der Waals surface area contributed by atoms with Crippen LogP contribution < -0.4 is 10.0 Å². The molecule has 0 saturated carbocycles. The summed E-state index contributed by atoms with van der Waals surface area (Å²) in [6.07, 6.45) is 1.50. The number of urea groups is 1. The fourth-order valence-electron chi connectivity index (χ4n) is 1.49. The van der Waals surface area contributed by atoms with Gasteiger partial charge in [0.25, 0.3) is 0 Å². The van der Waals surface area contributed by atoms with E-state index in [1.165, 1.54) is 16.7 Å². The summed E-state index contributed by atoms with van der Waals surface area (Å²) < 4.78 is 23.9. The molecule has 110 valence electrons. The molecule has 0 aromatic heterocycles. The maximum absolute atomic E-state index is 11.7. The fourth-order valence-corrected chi connectivity index (χ4v) is 3.15. The highest BCUT2D eigenvalue weighted by Gasteiger charge is 2.34. The summed E-state index contributed by atoms with van der Waals surface area (Å²) in [6.45, 7) is 0.519. The molecular weight excluding hydrogens is 294 g/mol. The van der Waals surface area contributed by atoms with Crippen LogP contribution in [-0.2, 0) is 14.8 Å². The van der Waals surface area contributed by atoms with Crippen molar-refractivity contribution < 1.29 is 23.1 Å². The summed E-state index contributed by atoms with van der Waals surface area (Å²) in [4.78, 5) is 23.9. The normalized spacial score (nSPS) is 19.4. The first-order chi connectivity index (χ1) is 8.81. The van der Waals surface area contributed by atoms with E-state index in [1.807, 2.05) is 0 Å². The summed E-state index contributed by atoms with van der Waals surface area (Å²) in [7, 11) is -3.21. The van der Waals surface area contributed by atoms with Crippen molar-refractivity contribution in [3.05, 3.63) is 0 Å². The highest BCUT2D eigenvalue weighted by atomic mass is 32.2. The highest BCUT2D eigenvalue weighted by Crippen LogP contribution is 2.20. The van der Waals surface area contributed by atoms with Crippen LogP contribution in [0.1, 0.15) is 6.42 Å². The predicted molar refractivity (Wildman–Crippen MR) is 71.5 cm³/mol. The third kappa shape index (κ3) is 5.66. The number of carboxylic acid groups (broad SMARTS) is 1. The van der Waals surface area contributed by atoms with Gasteiger partial charge in [0.1, 0.15) is 6.04 Å². The largest absolute Gasteiger partial charge is 0.480 e. The smallest absolute Gasteiger partial charge is 0.327 e. The zero-order valence-corrected chi connectivity index (χ0v) is 12.1. The molecule has 1 aliphatic heterocycles. The minimum absolute atomic E-state index is 0.232. The first-order valence-electron chi connectivity index (χ1n) is 5.61. The Morgan fingerprint density at radius 2 is 2.11 bits per heavy atom. The van der Waals surface area contributed by atoms with Crippen molar-refractivity contribution in [2.24, 2.45) is 0 Å². The van der Waals surface area contributed by atoms with Crippen LogP contribution in [-0.4, -0.2) is 67.4 Å². The van der Waals surface area contributed by atoms with Crippen LogP contribution in [0.3, 0.4) is 0 Å². The number of hydrogen-bond donors (Lipinski definition) is 3. The summed E-state index contributed by atoms with van der Waals surface area (Å²) in [6, 6.07) is -1.23. The molecule has 0 radical (unpaired) electrons. The van der Waals surface area contributed by atoms with Gasteiger partial charge in [-0.1, -0.05) is 0 Å². The second kappa shape index (κ2) is 6.96. The molecule has 1 aliphatic rings. The van der Waals surface area contributed by atoms with E-state index in [9.17, 15) is 18.0 Å². The molecule has 1 saturated heterocycles. The molecule has 0 aromatic rings. The molecule has 2 amide bonds. The molecule has 1 heterocycles. The first kappa shape index (κ1) is 16.1. The van der Waals surface area contributed by atoms with Gasteiger partial charge in [-0.15, -0.1) is 11.8 Å². The van der Waals surface area contributed by atoms with Gasteiger partial charge in [-0.2, -0.15) is 0 Å². The number of carbonyl (C=O) groups is 2. The molecule has 0 spiro atoms. The number of hydrogen-bond acceptors (Lipinski definition) is 5. The van der Waals surface area contributed by atoms with E-state index in [0.29, 0.717) is 18.1 Å². The Kier molecular flexibility index (Phi) is 5.88. The summed E-state index contributed by atoms with van der Waals surface area (Å²) in [5.74, 6) is -0.276. The van der Waals surface area contributed by atoms with Crippen LogP contribution in [0, 0.1) is 0 Å². The Hall–Kier alpha value is -1.00. The van der Waals surface area contributed by atoms with Crippen LogP contribution in [0.5, 0.6) is 0 Å².